The van der Waals surface area contributed by atoms with Gasteiger partial charge in [-0.25, -0.2) is 4.98 Å². The van der Waals surface area contributed by atoms with Crippen LogP contribution in [0.4, 0.5) is 5.82 Å². The zero-order valence-electron chi connectivity index (χ0n) is 11.8. The van der Waals surface area contributed by atoms with E-state index in [-0.39, 0.29) is 0 Å². The molecule has 20 heavy (non-hydrogen) atoms. The van der Waals surface area contributed by atoms with E-state index < -0.39 is 0 Å². The van der Waals surface area contributed by atoms with Crippen LogP contribution in [-0.4, -0.2) is 25.7 Å². The lowest BCUT2D eigenvalue weighted by Crippen LogP contribution is -1.98. The molecule has 0 saturated heterocycles. The fourth-order valence-corrected chi connectivity index (χ4v) is 1.73. The van der Waals surface area contributed by atoms with Gasteiger partial charge < -0.3 is 19.5 Å². The number of rotatable bonds is 6. The molecule has 2 rings (SSSR count). The number of methoxy groups -OCH3 is 2. The Morgan fingerprint density at radius 2 is 1.60 bits per heavy atom. The van der Waals surface area contributed by atoms with Crippen LogP contribution in [0.25, 0.3) is 0 Å². The molecular formula is C15H18N2O3. The molecule has 0 spiro atoms. The minimum atomic E-state index is 0.648. The molecule has 1 aromatic carbocycles. The van der Waals surface area contributed by atoms with Gasteiger partial charge in [-0.05, 0) is 13.0 Å². The third kappa shape index (κ3) is 3.54. The van der Waals surface area contributed by atoms with Crippen molar-refractivity contribution in [1.29, 1.82) is 0 Å². The predicted molar refractivity (Wildman–Crippen MR) is 78.0 cm³/mol. The fourth-order valence-electron chi connectivity index (χ4n) is 1.73. The first-order chi connectivity index (χ1) is 9.75. The maximum Gasteiger partial charge on any atom is 0.134 e. The Kier molecular flexibility index (Phi) is 4.65. The van der Waals surface area contributed by atoms with Gasteiger partial charge in [-0.2, -0.15) is 0 Å². The van der Waals surface area contributed by atoms with E-state index in [1.54, 1.807) is 44.7 Å². The molecule has 0 aliphatic carbocycles. The number of benzene rings is 1. The SMILES string of the molecule is CCNc1cc(Oc2cc(OC)cc(OC)c2)ccn1. The van der Waals surface area contributed by atoms with Crippen LogP contribution in [0, 0.1) is 0 Å². The van der Waals surface area contributed by atoms with Crippen LogP contribution in [-0.2, 0) is 0 Å². The highest BCUT2D eigenvalue weighted by molar-refractivity contribution is 5.46. The molecule has 0 atom stereocenters. The summed E-state index contributed by atoms with van der Waals surface area (Å²) in [6.45, 7) is 2.82. The molecule has 106 valence electrons. The standard InChI is InChI=1S/C15H18N2O3/c1-4-16-15-10-11(5-6-17-15)20-14-8-12(18-2)7-13(9-14)19-3/h5-10H,4H2,1-3H3,(H,16,17). The highest BCUT2D eigenvalue weighted by Gasteiger charge is 2.05. The lowest BCUT2D eigenvalue weighted by molar-refractivity contribution is 0.386. The van der Waals surface area contributed by atoms with Gasteiger partial charge in [0.25, 0.3) is 0 Å². The number of aromatic nitrogens is 1. The number of nitrogens with one attached hydrogen (secondary N) is 1. The number of hydrogen-bond donors (Lipinski definition) is 1. The van der Waals surface area contributed by atoms with Gasteiger partial charge in [0.05, 0.1) is 14.2 Å². The summed E-state index contributed by atoms with van der Waals surface area (Å²) in [6, 6.07) is 9.04. The van der Waals surface area contributed by atoms with E-state index in [9.17, 15) is 0 Å². The maximum atomic E-state index is 5.81. The second kappa shape index (κ2) is 6.65. The summed E-state index contributed by atoms with van der Waals surface area (Å²) in [7, 11) is 3.21. The average Bonchev–Trinajstić information content (AvgIpc) is 2.47. The summed E-state index contributed by atoms with van der Waals surface area (Å²) < 4.78 is 16.2. The van der Waals surface area contributed by atoms with Crippen LogP contribution < -0.4 is 19.5 Å². The van der Waals surface area contributed by atoms with Crippen LogP contribution in [0.1, 0.15) is 6.92 Å². The molecule has 5 nitrogen and oxygen atoms in total. The van der Waals surface area contributed by atoms with E-state index in [2.05, 4.69) is 10.3 Å². The maximum absolute atomic E-state index is 5.81. The van der Waals surface area contributed by atoms with E-state index >= 15 is 0 Å². The molecule has 0 bridgehead atoms. The predicted octanol–water partition coefficient (Wildman–Crippen LogP) is 3.32. The van der Waals surface area contributed by atoms with Crippen molar-refractivity contribution in [3.05, 3.63) is 36.5 Å². The Labute approximate surface area is 118 Å². The van der Waals surface area contributed by atoms with Crippen molar-refractivity contribution in [2.75, 3.05) is 26.1 Å². The van der Waals surface area contributed by atoms with Crippen LogP contribution in [0.5, 0.6) is 23.0 Å². The molecule has 0 aliphatic heterocycles. The van der Waals surface area contributed by atoms with Crippen molar-refractivity contribution < 1.29 is 14.2 Å². The van der Waals surface area contributed by atoms with Gasteiger partial charge >= 0.3 is 0 Å². The largest absolute Gasteiger partial charge is 0.496 e. The Morgan fingerprint density at radius 3 is 2.20 bits per heavy atom. The van der Waals surface area contributed by atoms with Crippen molar-refractivity contribution in [3.8, 4) is 23.0 Å². The monoisotopic (exact) mass is 274 g/mol. The highest BCUT2D eigenvalue weighted by atomic mass is 16.5. The summed E-state index contributed by atoms with van der Waals surface area (Å²) in [5.41, 5.74) is 0. The van der Waals surface area contributed by atoms with Gasteiger partial charge in [0.2, 0.25) is 0 Å². The van der Waals surface area contributed by atoms with E-state index in [0.29, 0.717) is 23.0 Å². The third-order valence-electron chi connectivity index (χ3n) is 2.65. The fraction of sp³-hybridized carbons (Fsp3) is 0.267. The topological polar surface area (TPSA) is 52.6 Å². The molecule has 0 radical (unpaired) electrons. The third-order valence-corrected chi connectivity index (χ3v) is 2.65. The molecule has 1 N–H and O–H groups in total. The smallest absolute Gasteiger partial charge is 0.134 e. The van der Waals surface area contributed by atoms with Crippen LogP contribution in [0.3, 0.4) is 0 Å². The van der Waals surface area contributed by atoms with Crippen molar-refractivity contribution in [1.82, 2.24) is 4.98 Å². The zero-order valence-corrected chi connectivity index (χ0v) is 11.8. The molecule has 0 fully saturated rings. The summed E-state index contributed by atoms with van der Waals surface area (Å²) >= 11 is 0. The van der Waals surface area contributed by atoms with Gasteiger partial charge in [-0.1, -0.05) is 0 Å². The lowest BCUT2D eigenvalue weighted by atomic mass is 10.3. The number of anilines is 1. The second-order valence-electron chi connectivity index (χ2n) is 4.06. The molecule has 2 aromatic rings. The first kappa shape index (κ1) is 14.0. The van der Waals surface area contributed by atoms with Crippen molar-refractivity contribution in [3.63, 3.8) is 0 Å². The van der Waals surface area contributed by atoms with Gasteiger partial charge in [-0.3, -0.25) is 0 Å². The van der Waals surface area contributed by atoms with Crippen LogP contribution in [0.15, 0.2) is 36.5 Å². The Morgan fingerprint density at radius 1 is 0.950 bits per heavy atom. The molecule has 0 amide bonds. The zero-order chi connectivity index (χ0) is 14.4. The Bertz CT molecular complexity index is 551. The highest BCUT2D eigenvalue weighted by Crippen LogP contribution is 2.31. The molecule has 0 unspecified atom stereocenters. The van der Waals surface area contributed by atoms with E-state index in [4.69, 9.17) is 14.2 Å². The summed E-state index contributed by atoms with van der Waals surface area (Å²) in [5, 5.41) is 3.14. The lowest BCUT2D eigenvalue weighted by Gasteiger charge is -2.10. The Hall–Kier alpha value is -2.43. The van der Waals surface area contributed by atoms with Crippen molar-refractivity contribution >= 4 is 5.82 Å². The minimum absolute atomic E-state index is 0.648. The normalized spacial score (nSPS) is 9.95. The number of hydrogen-bond acceptors (Lipinski definition) is 5. The molecular weight excluding hydrogens is 256 g/mol. The summed E-state index contributed by atoms with van der Waals surface area (Å²) in [6.07, 6.45) is 1.70. The van der Waals surface area contributed by atoms with Crippen LogP contribution >= 0.6 is 0 Å². The van der Waals surface area contributed by atoms with Gasteiger partial charge in [0, 0.05) is 37.0 Å². The quantitative estimate of drug-likeness (QED) is 0.875. The number of nitrogens with zero attached hydrogens (tertiary/aromatic N) is 1. The molecule has 1 heterocycles. The first-order valence-electron chi connectivity index (χ1n) is 6.36. The van der Waals surface area contributed by atoms with E-state index in [0.717, 1.165) is 12.4 Å². The van der Waals surface area contributed by atoms with Crippen molar-refractivity contribution in [2.45, 2.75) is 6.92 Å². The molecule has 0 saturated carbocycles. The van der Waals surface area contributed by atoms with Crippen LogP contribution in [0.2, 0.25) is 0 Å². The summed E-state index contributed by atoms with van der Waals surface area (Å²) in [4.78, 5) is 4.20. The first-order valence-corrected chi connectivity index (χ1v) is 6.36. The van der Waals surface area contributed by atoms with E-state index in [1.165, 1.54) is 0 Å². The van der Waals surface area contributed by atoms with E-state index in [1.807, 2.05) is 13.0 Å². The molecule has 1 aromatic heterocycles. The Balaban J connectivity index is 2.22. The van der Waals surface area contributed by atoms with Gasteiger partial charge in [0.1, 0.15) is 28.8 Å². The molecule has 0 aliphatic rings. The number of ether oxygens (including phenoxy) is 3. The van der Waals surface area contributed by atoms with Gasteiger partial charge in [0.15, 0.2) is 0 Å². The van der Waals surface area contributed by atoms with Crippen molar-refractivity contribution in [2.24, 2.45) is 0 Å². The average molecular weight is 274 g/mol. The van der Waals surface area contributed by atoms with Gasteiger partial charge in [-0.15, -0.1) is 0 Å². The number of pyridine rings is 1. The molecule has 5 heteroatoms. The summed E-state index contributed by atoms with van der Waals surface area (Å²) in [5.74, 6) is 3.49. The minimum Gasteiger partial charge on any atom is -0.496 e. The second-order valence-corrected chi connectivity index (χ2v) is 4.06.